The van der Waals surface area contributed by atoms with Crippen LogP contribution in [0.25, 0.3) is 0 Å². The van der Waals surface area contributed by atoms with Crippen LogP contribution in [0.4, 0.5) is 0 Å². The highest BCUT2D eigenvalue weighted by atomic mass is 35.5. The number of fused-ring (bicyclic) bond motifs is 2. The lowest BCUT2D eigenvalue weighted by atomic mass is 9.78. The number of nitrogens with zero attached hydrogens (tertiary/aromatic N) is 2. The number of carbonyl (C=O) groups excluding carboxylic acids is 1. The smallest absolute Gasteiger partial charge is 0.229 e. The van der Waals surface area contributed by atoms with Crippen molar-refractivity contribution in [3.8, 4) is 0 Å². The van der Waals surface area contributed by atoms with Crippen LogP contribution in [-0.4, -0.2) is 47.6 Å². The van der Waals surface area contributed by atoms with Crippen LogP contribution in [0.3, 0.4) is 0 Å². The predicted octanol–water partition coefficient (Wildman–Crippen LogP) is 3.58. The highest BCUT2D eigenvalue weighted by Gasteiger charge is 2.56. The van der Waals surface area contributed by atoms with Gasteiger partial charge in [0.1, 0.15) is 0 Å². The summed E-state index contributed by atoms with van der Waals surface area (Å²) >= 11 is 6.16. The zero-order chi connectivity index (χ0) is 20.0. The molecule has 29 heavy (non-hydrogen) atoms. The third-order valence-corrected chi connectivity index (χ3v) is 8.15. The first-order valence-electron chi connectivity index (χ1n) is 11.3. The first-order valence-corrected chi connectivity index (χ1v) is 11.7. The van der Waals surface area contributed by atoms with Gasteiger partial charge in [0.25, 0.3) is 0 Å². The maximum Gasteiger partial charge on any atom is 0.229 e. The summed E-state index contributed by atoms with van der Waals surface area (Å²) in [6.07, 6.45) is 9.22. The lowest BCUT2D eigenvalue weighted by molar-refractivity contribution is -0.144. The highest BCUT2D eigenvalue weighted by molar-refractivity contribution is 6.30. The molecule has 2 aliphatic carbocycles. The van der Waals surface area contributed by atoms with Gasteiger partial charge in [0.2, 0.25) is 5.91 Å². The van der Waals surface area contributed by atoms with E-state index < -0.39 is 0 Å². The van der Waals surface area contributed by atoms with Gasteiger partial charge in [-0.2, -0.15) is 0 Å². The van der Waals surface area contributed by atoms with Gasteiger partial charge in [-0.1, -0.05) is 24.9 Å². The number of aromatic nitrogens is 1. The Hall–Kier alpha value is -1.17. The van der Waals surface area contributed by atoms with Crippen LogP contribution in [-0.2, 0) is 22.5 Å². The summed E-state index contributed by atoms with van der Waals surface area (Å²) in [6.45, 7) is 5.42. The zero-order valence-electron chi connectivity index (χ0n) is 17.3. The number of hydrogen-bond donors (Lipinski definition) is 1. The van der Waals surface area contributed by atoms with Gasteiger partial charge < -0.3 is 15.0 Å². The molecule has 0 unspecified atom stereocenters. The van der Waals surface area contributed by atoms with Crippen molar-refractivity contribution in [2.45, 2.75) is 70.5 Å². The van der Waals surface area contributed by atoms with Crippen LogP contribution in [0.1, 0.15) is 56.7 Å². The fourth-order valence-corrected chi connectivity index (χ4v) is 6.62. The van der Waals surface area contributed by atoms with Crippen molar-refractivity contribution in [3.63, 3.8) is 0 Å². The minimum absolute atomic E-state index is 0.157. The molecule has 4 aliphatic rings. The molecule has 2 saturated carbocycles. The summed E-state index contributed by atoms with van der Waals surface area (Å²) in [5.74, 6) is 1.46. The van der Waals surface area contributed by atoms with Crippen LogP contribution in [0.2, 0.25) is 5.02 Å². The first-order chi connectivity index (χ1) is 14.0. The Morgan fingerprint density at radius 3 is 3.17 bits per heavy atom. The fraction of sp³-hybridized carbons (Fsp3) is 0.739. The number of amides is 1. The molecule has 0 aromatic carbocycles. The molecular weight excluding hydrogens is 386 g/mol. The average Bonchev–Trinajstić information content (AvgIpc) is 3.26. The van der Waals surface area contributed by atoms with Crippen molar-refractivity contribution in [1.29, 1.82) is 0 Å². The van der Waals surface area contributed by atoms with E-state index in [9.17, 15) is 4.79 Å². The molecule has 1 aromatic rings. The zero-order valence-corrected chi connectivity index (χ0v) is 18.1. The molecule has 1 aromatic heterocycles. The van der Waals surface area contributed by atoms with Crippen LogP contribution < -0.4 is 5.32 Å². The SMILES string of the molecule is C[C@H]1COCC[C@H]1N[C@@H]1C[C@H]2CCC[C@@]2(C(=O)N2CCc3ncc(Cl)cc3C2)C1. The van der Waals surface area contributed by atoms with E-state index in [1.54, 1.807) is 6.20 Å². The fourth-order valence-electron chi connectivity index (χ4n) is 6.43. The molecule has 0 spiro atoms. The molecule has 2 aliphatic heterocycles. The summed E-state index contributed by atoms with van der Waals surface area (Å²) < 4.78 is 5.61. The predicted molar refractivity (Wildman–Crippen MR) is 113 cm³/mol. The van der Waals surface area contributed by atoms with Crippen molar-refractivity contribution in [1.82, 2.24) is 15.2 Å². The lowest BCUT2D eigenvalue weighted by Gasteiger charge is -2.37. The van der Waals surface area contributed by atoms with Gasteiger partial charge in [-0.15, -0.1) is 0 Å². The van der Waals surface area contributed by atoms with E-state index in [1.165, 1.54) is 12.8 Å². The summed E-state index contributed by atoms with van der Waals surface area (Å²) in [5.41, 5.74) is 2.06. The lowest BCUT2D eigenvalue weighted by Crippen LogP contribution is -2.48. The van der Waals surface area contributed by atoms with Gasteiger partial charge in [-0.05, 0) is 55.6 Å². The Bertz CT molecular complexity index is 787. The standard InChI is InChI=1S/C23H32ClN3O2/c1-15-14-29-8-5-20(15)26-19-10-17-3-2-6-23(17,11-19)22(28)27-7-4-21-16(13-27)9-18(24)12-25-21/h9,12,15,17,19-20,26H,2-8,10-11,13-14H2,1H3/t15-,17+,19+,20+,23+/m0/s1. The van der Waals surface area contributed by atoms with Crippen molar-refractivity contribution in [2.24, 2.45) is 17.3 Å². The van der Waals surface area contributed by atoms with E-state index in [0.29, 0.717) is 41.4 Å². The van der Waals surface area contributed by atoms with Gasteiger partial charge in [0.15, 0.2) is 0 Å². The molecule has 5 atom stereocenters. The van der Waals surface area contributed by atoms with E-state index >= 15 is 0 Å². The summed E-state index contributed by atoms with van der Waals surface area (Å²) in [5, 5.41) is 4.58. The van der Waals surface area contributed by atoms with Crippen LogP contribution in [0, 0.1) is 17.3 Å². The number of ether oxygens (including phenoxy) is 1. The quantitative estimate of drug-likeness (QED) is 0.816. The summed E-state index contributed by atoms with van der Waals surface area (Å²) in [6, 6.07) is 2.97. The molecule has 5 nitrogen and oxygen atoms in total. The van der Waals surface area contributed by atoms with Crippen LogP contribution >= 0.6 is 11.6 Å². The second kappa shape index (κ2) is 7.82. The second-order valence-electron chi connectivity index (χ2n) is 9.73. The minimum Gasteiger partial charge on any atom is -0.381 e. The minimum atomic E-state index is -0.157. The van der Waals surface area contributed by atoms with Gasteiger partial charge >= 0.3 is 0 Å². The number of rotatable bonds is 3. The Labute approximate surface area is 178 Å². The van der Waals surface area contributed by atoms with Crippen molar-refractivity contribution in [2.75, 3.05) is 19.8 Å². The molecular formula is C23H32ClN3O2. The van der Waals surface area contributed by atoms with Gasteiger partial charge in [-0.3, -0.25) is 9.78 Å². The number of halogens is 1. The van der Waals surface area contributed by atoms with Crippen LogP contribution in [0.15, 0.2) is 12.3 Å². The van der Waals surface area contributed by atoms with E-state index in [0.717, 1.165) is 63.1 Å². The monoisotopic (exact) mass is 417 g/mol. The molecule has 1 amide bonds. The Kier molecular flexibility index (Phi) is 5.34. The molecule has 3 fully saturated rings. The summed E-state index contributed by atoms with van der Waals surface area (Å²) in [7, 11) is 0. The maximum atomic E-state index is 13.8. The first kappa shape index (κ1) is 19.8. The van der Waals surface area contributed by atoms with E-state index in [2.05, 4.69) is 22.1 Å². The van der Waals surface area contributed by atoms with E-state index in [1.807, 2.05) is 6.07 Å². The molecule has 1 N–H and O–H groups in total. The third kappa shape index (κ3) is 3.60. The Morgan fingerprint density at radius 1 is 1.41 bits per heavy atom. The molecule has 3 heterocycles. The van der Waals surface area contributed by atoms with Crippen LogP contribution in [0.5, 0.6) is 0 Å². The van der Waals surface area contributed by atoms with Crippen molar-refractivity contribution < 1.29 is 9.53 Å². The normalized spacial score (nSPS) is 36.7. The molecule has 1 saturated heterocycles. The van der Waals surface area contributed by atoms with Gasteiger partial charge in [0.05, 0.1) is 17.0 Å². The highest BCUT2D eigenvalue weighted by Crippen LogP contribution is 2.55. The summed E-state index contributed by atoms with van der Waals surface area (Å²) in [4.78, 5) is 20.4. The molecule has 158 valence electrons. The number of hydrogen-bond acceptors (Lipinski definition) is 4. The average molecular weight is 418 g/mol. The third-order valence-electron chi connectivity index (χ3n) is 7.95. The van der Waals surface area contributed by atoms with E-state index in [-0.39, 0.29) is 5.41 Å². The van der Waals surface area contributed by atoms with Crippen molar-refractivity contribution >= 4 is 17.5 Å². The largest absolute Gasteiger partial charge is 0.381 e. The van der Waals surface area contributed by atoms with E-state index in [4.69, 9.17) is 16.3 Å². The van der Waals surface area contributed by atoms with Gasteiger partial charge in [0, 0.05) is 50.1 Å². The molecule has 5 rings (SSSR count). The number of nitrogens with one attached hydrogen (secondary N) is 1. The topological polar surface area (TPSA) is 54.5 Å². The molecule has 6 heteroatoms. The second-order valence-corrected chi connectivity index (χ2v) is 10.2. The van der Waals surface area contributed by atoms with Gasteiger partial charge in [-0.25, -0.2) is 0 Å². The maximum absolute atomic E-state index is 13.8. The van der Waals surface area contributed by atoms with Crippen molar-refractivity contribution in [3.05, 3.63) is 28.5 Å². The molecule has 0 bridgehead atoms. The Morgan fingerprint density at radius 2 is 2.31 bits per heavy atom. The number of pyridine rings is 1. The Balaban J connectivity index is 1.30. The number of carbonyl (C=O) groups is 1. The molecule has 0 radical (unpaired) electrons.